The number of fused-ring (bicyclic) bond motifs is 1. The Bertz CT molecular complexity index is 906. The number of carbonyl (C=O) groups is 3. The van der Waals surface area contributed by atoms with Crippen molar-refractivity contribution < 1.29 is 19.1 Å². The molecular weight excluding hydrogens is 356 g/mol. The molecule has 1 N–H and O–H groups in total. The van der Waals surface area contributed by atoms with Crippen molar-refractivity contribution in [2.75, 3.05) is 12.4 Å². The molecule has 0 aliphatic carbocycles. The van der Waals surface area contributed by atoms with Crippen molar-refractivity contribution in [3.8, 4) is 5.75 Å². The molecule has 0 bridgehead atoms. The van der Waals surface area contributed by atoms with Gasteiger partial charge < -0.3 is 10.1 Å². The Morgan fingerprint density at radius 2 is 1.65 bits per heavy atom. The van der Waals surface area contributed by atoms with Gasteiger partial charge in [-0.25, -0.2) is 0 Å². The highest BCUT2D eigenvalue weighted by atomic mass is 35.5. The zero-order valence-electron chi connectivity index (χ0n) is 14.5. The molecule has 26 heavy (non-hydrogen) atoms. The van der Waals surface area contributed by atoms with E-state index in [1.54, 1.807) is 44.2 Å². The molecule has 6 nitrogen and oxygen atoms in total. The zero-order valence-corrected chi connectivity index (χ0v) is 15.3. The van der Waals surface area contributed by atoms with Crippen molar-refractivity contribution in [3.63, 3.8) is 0 Å². The second kappa shape index (κ2) is 6.46. The highest BCUT2D eigenvalue weighted by Crippen LogP contribution is 2.26. The lowest BCUT2D eigenvalue weighted by atomic mass is 10.1. The van der Waals surface area contributed by atoms with E-state index in [2.05, 4.69) is 5.32 Å². The van der Waals surface area contributed by atoms with E-state index in [9.17, 15) is 14.4 Å². The predicted molar refractivity (Wildman–Crippen MR) is 97.7 cm³/mol. The minimum absolute atomic E-state index is 0.270. The molecule has 0 saturated carbocycles. The Hall–Kier alpha value is -2.86. The number of hydrogen-bond acceptors (Lipinski definition) is 4. The predicted octanol–water partition coefficient (Wildman–Crippen LogP) is 3.36. The van der Waals surface area contributed by atoms with Gasteiger partial charge in [-0.2, -0.15) is 0 Å². The Balaban J connectivity index is 1.76. The van der Waals surface area contributed by atoms with Crippen molar-refractivity contribution in [1.82, 2.24) is 4.90 Å². The van der Waals surface area contributed by atoms with Gasteiger partial charge in [0.2, 0.25) is 0 Å². The fourth-order valence-corrected chi connectivity index (χ4v) is 2.69. The lowest BCUT2D eigenvalue weighted by Crippen LogP contribution is -2.42. The van der Waals surface area contributed by atoms with Gasteiger partial charge in [0.05, 0.1) is 11.1 Å². The summed E-state index contributed by atoms with van der Waals surface area (Å²) in [5.41, 5.74) is -0.152. The van der Waals surface area contributed by atoms with Crippen LogP contribution in [0.4, 0.5) is 5.69 Å². The molecule has 3 amide bonds. The van der Waals surface area contributed by atoms with Gasteiger partial charge in [0.1, 0.15) is 5.75 Å². The van der Waals surface area contributed by atoms with Crippen LogP contribution in [0.1, 0.15) is 34.6 Å². The average Bonchev–Trinajstić information content (AvgIpc) is 2.81. The van der Waals surface area contributed by atoms with Gasteiger partial charge in [-0.05, 0) is 56.3 Å². The highest BCUT2D eigenvalue weighted by molar-refractivity contribution is 6.30. The highest BCUT2D eigenvalue weighted by Gasteiger charge is 2.34. The minimum Gasteiger partial charge on any atom is -0.478 e. The summed E-state index contributed by atoms with van der Waals surface area (Å²) in [4.78, 5) is 37.6. The molecule has 2 aromatic rings. The van der Waals surface area contributed by atoms with Crippen molar-refractivity contribution in [1.29, 1.82) is 0 Å². The number of halogens is 1. The SMILES string of the molecule is CN1C(=O)c2ccc(NC(=O)C(C)(C)Oc3ccc(Cl)cc3)cc2C1=O. The van der Waals surface area contributed by atoms with E-state index in [1.807, 2.05) is 0 Å². The lowest BCUT2D eigenvalue weighted by molar-refractivity contribution is -0.128. The number of imide groups is 1. The summed E-state index contributed by atoms with van der Waals surface area (Å²) < 4.78 is 5.74. The number of nitrogens with zero attached hydrogens (tertiary/aromatic N) is 1. The topological polar surface area (TPSA) is 75.7 Å². The van der Waals surface area contributed by atoms with Crippen molar-refractivity contribution in [3.05, 3.63) is 58.6 Å². The Morgan fingerprint density at radius 3 is 2.31 bits per heavy atom. The Kier molecular flexibility index (Phi) is 4.46. The molecule has 0 saturated heterocycles. The second-order valence-corrected chi connectivity index (χ2v) is 6.89. The first kappa shape index (κ1) is 17.9. The molecule has 1 heterocycles. The van der Waals surface area contributed by atoms with Crippen LogP contribution in [0.2, 0.25) is 5.02 Å². The lowest BCUT2D eigenvalue weighted by Gasteiger charge is -2.25. The first-order chi connectivity index (χ1) is 12.2. The van der Waals surface area contributed by atoms with Crippen LogP contribution in [0.5, 0.6) is 5.75 Å². The summed E-state index contributed by atoms with van der Waals surface area (Å²) in [7, 11) is 1.42. The van der Waals surface area contributed by atoms with E-state index >= 15 is 0 Å². The summed E-state index contributed by atoms with van der Waals surface area (Å²) in [5.74, 6) is -0.629. The van der Waals surface area contributed by atoms with Crippen LogP contribution < -0.4 is 10.1 Å². The summed E-state index contributed by atoms with van der Waals surface area (Å²) in [5, 5.41) is 3.29. The summed E-state index contributed by atoms with van der Waals surface area (Å²) in [6.45, 7) is 3.26. The van der Waals surface area contributed by atoms with Gasteiger partial charge in [-0.1, -0.05) is 11.6 Å². The van der Waals surface area contributed by atoms with Crippen molar-refractivity contribution in [2.45, 2.75) is 19.4 Å². The van der Waals surface area contributed by atoms with Gasteiger partial charge in [0.15, 0.2) is 5.60 Å². The second-order valence-electron chi connectivity index (χ2n) is 6.45. The molecule has 0 unspecified atom stereocenters. The van der Waals surface area contributed by atoms with Gasteiger partial charge >= 0.3 is 0 Å². The van der Waals surface area contributed by atoms with Crippen molar-refractivity contribution >= 4 is 35.0 Å². The van der Waals surface area contributed by atoms with Crippen LogP contribution in [-0.2, 0) is 4.79 Å². The fourth-order valence-electron chi connectivity index (χ4n) is 2.56. The van der Waals surface area contributed by atoms with Crippen LogP contribution in [0.3, 0.4) is 0 Å². The maximum absolute atomic E-state index is 12.6. The van der Waals surface area contributed by atoms with Crippen LogP contribution in [-0.4, -0.2) is 35.3 Å². The molecule has 0 spiro atoms. The molecule has 0 aromatic heterocycles. The standard InChI is InChI=1S/C19H17ClN2O4/c1-19(2,26-13-7-4-11(20)5-8-13)18(25)21-12-6-9-14-15(10-12)17(24)22(3)16(14)23/h4-10H,1-3H3,(H,21,25). The number of nitrogens with one attached hydrogen (secondary N) is 1. The first-order valence-electron chi connectivity index (χ1n) is 7.91. The summed E-state index contributed by atoms with van der Waals surface area (Å²) in [6.07, 6.45) is 0. The largest absolute Gasteiger partial charge is 0.478 e. The first-order valence-corrected chi connectivity index (χ1v) is 8.29. The molecular formula is C19H17ClN2O4. The molecule has 7 heteroatoms. The number of amides is 3. The number of carbonyl (C=O) groups excluding carboxylic acids is 3. The summed E-state index contributed by atoms with van der Waals surface area (Å²) in [6, 6.07) is 11.3. The molecule has 0 atom stereocenters. The molecule has 134 valence electrons. The third-order valence-electron chi connectivity index (χ3n) is 4.08. The molecule has 0 radical (unpaired) electrons. The molecule has 3 rings (SSSR count). The molecule has 1 aliphatic heterocycles. The third-order valence-corrected chi connectivity index (χ3v) is 4.33. The Morgan fingerprint density at radius 1 is 1.04 bits per heavy atom. The maximum atomic E-state index is 12.6. The Labute approximate surface area is 155 Å². The van der Waals surface area contributed by atoms with E-state index in [0.717, 1.165) is 4.90 Å². The number of ether oxygens (including phenoxy) is 1. The van der Waals surface area contributed by atoms with E-state index in [1.165, 1.54) is 19.2 Å². The van der Waals surface area contributed by atoms with E-state index in [0.29, 0.717) is 22.0 Å². The summed E-state index contributed by atoms with van der Waals surface area (Å²) >= 11 is 5.84. The van der Waals surface area contributed by atoms with Gasteiger partial charge in [0.25, 0.3) is 17.7 Å². The third kappa shape index (κ3) is 3.28. The fraction of sp³-hybridized carbons (Fsp3) is 0.211. The minimum atomic E-state index is -1.16. The van der Waals surface area contributed by atoms with Crippen LogP contribution in [0, 0.1) is 0 Å². The van der Waals surface area contributed by atoms with E-state index < -0.39 is 17.4 Å². The molecule has 1 aliphatic rings. The number of hydrogen-bond donors (Lipinski definition) is 1. The monoisotopic (exact) mass is 372 g/mol. The van der Waals surface area contributed by atoms with Crippen molar-refractivity contribution in [2.24, 2.45) is 0 Å². The normalized spacial score (nSPS) is 13.6. The van der Waals surface area contributed by atoms with Crippen LogP contribution in [0.25, 0.3) is 0 Å². The maximum Gasteiger partial charge on any atom is 0.267 e. The van der Waals surface area contributed by atoms with E-state index in [4.69, 9.17) is 16.3 Å². The smallest absolute Gasteiger partial charge is 0.267 e. The number of benzene rings is 2. The number of anilines is 1. The average molecular weight is 373 g/mol. The zero-order chi connectivity index (χ0) is 19.1. The molecule has 0 fully saturated rings. The number of rotatable bonds is 4. The molecule has 2 aromatic carbocycles. The van der Waals surface area contributed by atoms with Crippen LogP contribution in [0.15, 0.2) is 42.5 Å². The van der Waals surface area contributed by atoms with Gasteiger partial charge in [0, 0.05) is 17.8 Å². The van der Waals surface area contributed by atoms with E-state index in [-0.39, 0.29) is 11.5 Å². The van der Waals surface area contributed by atoms with Crippen LogP contribution >= 0.6 is 11.6 Å². The van der Waals surface area contributed by atoms with Gasteiger partial charge in [-0.15, -0.1) is 0 Å². The van der Waals surface area contributed by atoms with Gasteiger partial charge in [-0.3, -0.25) is 19.3 Å². The quantitative estimate of drug-likeness (QED) is 0.835.